The average molecular weight is 253 g/mol. The molecule has 2 rings (SSSR count). The predicted molar refractivity (Wildman–Crippen MR) is 67.9 cm³/mol. The van der Waals surface area contributed by atoms with Crippen LogP contribution in [0.2, 0.25) is 0 Å². The van der Waals surface area contributed by atoms with E-state index in [1.54, 1.807) is 0 Å². The van der Waals surface area contributed by atoms with Crippen LogP contribution in [-0.4, -0.2) is 37.0 Å². The van der Waals surface area contributed by atoms with Crippen LogP contribution in [0.5, 0.6) is 0 Å². The van der Waals surface area contributed by atoms with Crippen LogP contribution in [0.15, 0.2) is 0 Å². The smallest absolute Gasteiger partial charge is 0.310 e. The normalized spacial score (nSPS) is 24.5. The van der Waals surface area contributed by atoms with Crippen LogP contribution in [-0.2, 0) is 14.3 Å². The molecule has 1 saturated heterocycles. The van der Waals surface area contributed by atoms with Gasteiger partial charge < -0.3 is 9.64 Å². The summed E-state index contributed by atoms with van der Waals surface area (Å²) in [5.74, 6) is 0.688. The highest BCUT2D eigenvalue weighted by Gasteiger charge is 2.31. The van der Waals surface area contributed by atoms with Crippen LogP contribution >= 0.6 is 0 Å². The van der Waals surface area contributed by atoms with E-state index in [9.17, 15) is 9.59 Å². The molecule has 1 saturated carbocycles. The molecule has 1 aliphatic carbocycles. The van der Waals surface area contributed by atoms with E-state index >= 15 is 0 Å². The first-order valence-corrected chi connectivity index (χ1v) is 7.06. The van der Waals surface area contributed by atoms with Gasteiger partial charge in [-0.1, -0.05) is 25.7 Å². The highest BCUT2D eigenvalue weighted by molar-refractivity contribution is 5.79. The lowest BCUT2D eigenvalue weighted by Gasteiger charge is -2.17. The average Bonchev–Trinajstić information content (AvgIpc) is 3.05. The van der Waals surface area contributed by atoms with Gasteiger partial charge in [0.25, 0.3) is 0 Å². The standard InChI is InChI=1S/C14H23NO3/c1-18-14(17)12-8-9-15(10-12)13(16)7-6-11-4-2-3-5-11/h11-12H,2-10H2,1H3. The number of carbonyl (C=O) groups is 2. The van der Waals surface area contributed by atoms with Gasteiger partial charge >= 0.3 is 5.97 Å². The van der Waals surface area contributed by atoms with Crippen molar-refractivity contribution in [3.05, 3.63) is 0 Å². The van der Waals surface area contributed by atoms with Crippen molar-refractivity contribution in [1.82, 2.24) is 4.90 Å². The van der Waals surface area contributed by atoms with E-state index in [0.29, 0.717) is 19.5 Å². The minimum absolute atomic E-state index is 0.106. The quantitative estimate of drug-likeness (QED) is 0.720. The third-order valence-corrected chi connectivity index (χ3v) is 4.32. The Bertz CT molecular complexity index is 310. The molecule has 2 fully saturated rings. The lowest BCUT2D eigenvalue weighted by Crippen LogP contribution is -2.30. The molecule has 102 valence electrons. The number of esters is 1. The molecular weight excluding hydrogens is 230 g/mol. The second-order valence-electron chi connectivity index (χ2n) is 5.54. The third-order valence-electron chi connectivity index (χ3n) is 4.32. The molecule has 18 heavy (non-hydrogen) atoms. The summed E-state index contributed by atoms with van der Waals surface area (Å²) in [6.07, 6.45) is 7.66. The molecule has 0 N–H and O–H groups in total. The van der Waals surface area contributed by atoms with Crippen molar-refractivity contribution in [3.8, 4) is 0 Å². The fourth-order valence-electron chi connectivity index (χ4n) is 3.13. The Hall–Kier alpha value is -1.06. The first-order chi connectivity index (χ1) is 8.70. The minimum Gasteiger partial charge on any atom is -0.469 e. The lowest BCUT2D eigenvalue weighted by atomic mass is 10.0. The van der Waals surface area contributed by atoms with Crippen molar-refractivity contribution in [2.75, 3.05) is 20.2 Å². The topological polar surface area (TPSA) is 46.6 Å². The Morgan fingerprint density at radius 2 is 1.94 bits per heavy atom. The zero-order valence-electron chi connectivity index (χ0n) is 11.2. The van der Waals surface area contributed by atoms with Gasteiger partial charge in [0.2, 0.25) is 5.91 Å². The van der Waals surface area contributed by atoms with Gasteiger partial charge in [0.05, 0.1) is 13.0 Å². The van der Waals surface area contributed by atoms with E-state index in [-0.39, 0.29) is 17.8 Å². The molecule has 4 nitrogen and oxygen atoms in total. The van der Waals surface area contributed by atoms with Crippen molar-refractivity contribution in [1.29, 1.82) is 0 Å². The summed E-state index contributed by atoms with van der Waals surface area (Å²) in [6, 6.07) is 0. The van der Waals surface area contributed by atoms with Gasteiger partial charge in [0.15, 0.2) is 0 Å². The number of hydrogen-bond acceptors (Lipinski definition) is 3. The predicted octanol–water partition coefficient (Wildman–Crippen LogP) is 1.98. The highest BCUT2D eigenvalue weighted by atomic mass is 16.5. The largest absolute Gasteiger partial charge is 0.469 e. The maximum atomic E-state index is 12.0. The second kappa shape index (κ2) is 6.21. The number of methoxy groups -OCH3 is 1. The molecule has 4 heteroatoms. The monoisotopic (exact) mass is 253 g/mol. The van der Waals surface area contributed by atoms with Gasteiger partial charge in [0, 0.05) is 19.5 Å². The van der Waals surface area contributed by atoms with Gasteiger partial charge in [-0.15, -0.1) is 0 Å². The molecule has 1 unspecified atom stereocenters. The molecule has 1 atom stereocenters. The Morgan fingerprint density at radius 3 is 2.61 bits per heavy atom. The zero-order chi connectivity index (χ0) is 13.0. The maximum absolute atomic E-state index is 12.0. The highest BCUT2D eigenvalue weighted by Crippen LogP contribution is 2.29. The van der Waals surface area contributed by atoms with Crippen LogP contribution < -0.4 is 0 Å². The molecule has 0 radical (unpaired) electrons. The summed E-state index contributed by atoms with van der Waals surface area (Å²) in [6.45, 7) is 1.26. The number of hydrogen-bond donors (Lipinski definition) is 0. The van der Waals surface area contributed by atoms with Crippen molar-refractivity contribution >= 4 is 11.9 Å². The molecule has 0 aromatic heterocycles. The van der Waals surface area contributed by atoms with Gasteiger partial charge in [0.1, 0.15) is 0 Å². The Balaban J connectivity index is 1.71. The fourth-order valence-corrected chi connectivity index (χ4v) is 3.13. The van der Waals surface area contributed by atoms with Gasteiger partial charge in [-0.3, -0.25) is 9.59 Å². The summed E-state index contributed by atoms with van der Waals surface area (Å²) < 4.78 is 4.73. The SMILES string of the molecule is COC(=O)C1CCN(C(=O)CCC2CCCC2)C1. The Morgan fingerprint density at radius 1 is 1.22 bits per heavy atom. The van der Waals surface area contributed by atoms with Crippen LogP contribution in [0.4, 0.5) is 0 Å². The van der Waals surface area contributed by atoms with Crippen molar-refractivity contribution in [2.45, 2.75) is 44.9 Å². The second-order valence-corrected chi connectivity index (χ2v) is 5.54. The molecular formula is C14H23NO3. The molecule has 1 heterocycles. The van der Waals surface area contributed by atoms with Crippen LogP contribution in [0.3, 0.4) is 0 Å². The van der Waals surface area contributed by atoms with Gasteiger partial charge in [-0.05, 0) is 18.8 Å². The number of rotatable bonds is 4. The van der Waals surface area contributed by atoms with Crippen molar-refractivity contribution < 1.29 is 14.3 Å². The first kappa shape index (κ1) is 13.4. The van der Waals surface area contributed by atoms with Gasteiger partial charge in [-0.2, -0.15) is 0 Å². The third kappa shape index (κ3) is 3.24. The zero-order valence-corrected chi connectivity index (χ0v) is 11.2. The minimum atomic E-state index is -0.180. The Kier molecular flexibility index (Phi) is 4.61. The van der Waals surface area contributed by atoms with E-state index in [1.165, 1.54) is 32.8 Å². The van der Waals surface area contributed by atoms with E-state index < -0.39 is 0 Å². The van der Waals surface area contributed by atoms with Gasteiger partial charge in [-0.25, -0.2) is 0 Å². The molecule has 1 aliphatic heterocycles. The number of carbonyl (C=O) groups excluding carboxylic acids is 2. The molecule has 0 aromatic carbocycles. The summed E-state index contributed by atoms with van der Waals surface area (Å²) in [5, 5.41) is 0. The van der Waals surface area contributed by atoms with E-state index in [1.807, 2.05) is 4.90 Å². The summed E-state index contributed by atoms with van der Waals surface area (Å²) in [7, 11) is 1.41. The van der Waals surface area contributed by atoms with E-state index in [4.69, 9.17) is 4.74 Å². The number of likely N-dealkylation sites (tertiary alicyclic amines) is 1. The summed E-state index contributed by atoms with van der Waals surface area (Å²) in [4.78, 5) is 25.3. The maximum Gasteiger partial charge on any atom is 0.310 e. The van der Waals surface area contributed by atoms with Crippen LogP contribution in [0.1, 0.15) is 44.9 Å². The van der Waals surface area contributed by atoms with Crippen LogP contribution in [0, 0.1) is 11.8 Å². The number of ether oxygens (including phenoxy) is 1. The first-order valence-electron chi connectivity index (χ1n) is 7.06. The number of nitrogens with zero attached hydrogens (tertiary/aromatic N) is 1. The molecule has 0 bridgehead atoms. The molecule has 2 aliphatic rings. The molecule has 0 aromatic rings. The van der Waals surface area contributed by atoms with E-state index in [2.05, 4.69) is 0 Å². The Labute approximate surface area is 109 Å². The molecule has 1 amide bonds. The number of amides is 1. The van der Waals surface area contributed by atoms with Crippen molar-refractivity contribution in [2.24, 2.45) is 11.8 Å². The molecule has 0 spiro atoms. The van der Waals surface area contributed by atoms with Crippen LogP contribution in [0.25, 0.3) is 0 Å². The van der Waals surface area contributed by atoms with Crippen molar-refractivity contribution in [3.63, 3.8) is 0 Å². The summed E-state index contributed by atoms with van der Waals surface area (Å²) in [5.41, 5.74) is 0. The summed E-state index contributed by atoms with van der Waals surface area (Å²) >= 11 is 0. The van der Waals surface area contributed by atoms with E-state index in [0.717, 1.165) is 18.8 Å². The lowest BCUT2D eigenvalue weighted by molar-refractivity contribution is -0.145. The fraction of sp³-hybridized carbons (Fsp3) is 0.857.